The minimum absolute atomic E-state index is 0.0353. The first-order valence-corrected chi connectivity index (χ1v) is 12.7. The predicted molar refractivity (Wildman–Crippen MR) is 100 cm³/mol. The summed E-state index contributed by atoms with van der Waals surface area (Å²) in [6.07, 6.45) is 0. The van der Waals surface area contributed by atoms with Gasteiger partial charge in [0, 0.05) is 27.7 Å². The van der Waals surface area contributed by atoms with Crippen LogP contribution in [0.25, 0.3) is 0 Å². The summed E-state index contributed by atoms with van der Waals surface area (Å²) < 4.78 is 35.0. The highest BCUT2D eigenvalue weighted by Gasteiger charge is 2.28. The normalized spacial score (nSPS) is 16.4. The molecule has 0 radical (unpaired) electrons. The van der Waals surface area contributed by atoms with E-state index in [9.17, 15) is 13.2 Å². The van der Waals surface area contributed by atoms with E-state index in [0.29, 0.717) is 4.91 Å². The van der Waals surface area contributed by atoms with Crippen molar-refractivity contribution in [2.75, 3.05) is 45.8 Å². The zero-order valence-corrected chi connectivity index (χ0v) is 17.0. The minimum Gasteiger partial charge on any atom is -0.370 e. The molecule has 128 valence electrons. The van der Waals surface area contributed by atoms with Crippen molar-refractivity contribution in [1.29, 1.82) is 0 Å². The van der Waals surface area contributed by atoms with Crippen LogP contribution < -0.4 is 0 Å². The zero-order valence-electron chi connectivity index (χ0n) is 14.0. The molecule has 1 amide bonds. The number of rotatable bonds is 7. The van der Waals surface area contributed by atoms with Crippen molar-refractivity contribution in [2.45, 2.75) is 13.8 Å². The van der Waals surface area contributed by atoms with Gasteiger partial charge in [0.25, 0.3) is 0 Å². The Bertz CT molecular complexity index is 671. The fourth-order valence-corrected chi connectivity index (χ4v) is 8.61. The van der Waals surface area contributed by atoms with Gasteiger partial charge in [-0.1, -0.05) is 0 Å². The average molecular weight is 444 g/mol. The number of sulfonamides is 1. The second-order valence-electron chi connectivity index (χ2n) is 5.34. The van der Waals surface area contributed by atoms with E-state index in [0.717, 1.165) is 9.08 Å². The van der Waals surface area contributed by atoms with Gasteiger partial charge in [0.1, 0.15) is 6.61 Å². The monoisotopic (exact) mass is 444 g/mol. The third-order valence-corrected chi connectivity index (χ3v) is 10.9. The molecule has 0 aromatic rings. The number of nitrogens with zero attached hydrogens (tertiary/aromatic N) is 2. The van der Waals surface area contributed by atoms with E-state index in [1.807, 2.05) is 13.8 Å². The van der Waals surface area contributed by atoms with Crippen LogP contribution in [0.2, 0.25) is 0 Å². The highest BCUT2D eigenvalue weighted by Crippen LogP contribution is 2.29. The standard InChI is InChI=1S/C14H25IN2O4S/c1-11-9-15(3)12(2)14(11)22(19,20)17(6)7-8-21-10-13(18)16(4)5/h9H,7-8,10H2,1-6H3. The summed E-state index contributed by atoms with van der Waals surface area (Å²) in [6.45, 7) is 4.17. The summed E-state index contributed by atoms with van der Waals surface area (Å²) in [5, 5.41) is 0. The van der Waals surface area contributed by atoms with Crippen molar-refractivity contribution in [2.24, 2.45) is 0 Å². The van der Waals surface area contributed by atoms with Crippen LogP contribution in [0.1, 0.15) is 13.8 Å². The first-order chi connectivity index (χ1) is 10.1. The van der Waals surface area contributed by atoms with Gasteiger partial charge >= 0.3 is 0 Å². The van der Waals surface area contributed by atoms with E-state index in [1.165, 1.54) is 9.21 Å². The number of allylic oxidation sites excluding steroid dienone is 2. The number of amides is 1. The molecule has 0 bridgehead atoms. The molecular weight excluding hydrogens is 419 g/mol. The number of ether oxygens (including phenoxy) is 1. The molecule has 0 unspecified atom stereocenters. The lowest BCUT2D eigenvalue weighted by Crippen LogP contribution is -2.34. The van der Waals surface area contributed by atoms with Crippen LogP contribution in [-0.2, 0) is 19.6 Å². The Labute approximate surface area is 139 Å². The second-order valence-corrected chi connectivity index (χ2v) is 12.5. The molecule has 0 fully saturated rings. The molecule has 0 spiro atoms. The molecule has 0 aromatic carbocycles. The Morgan fingerprint density at radius 2 is 1.86 bits per heavy atom. The van der Waals surface area contributed by atoms with E-state index >= 15 is 0 Å². The Balaban J connectivity index is 2.65. The Hall–Kier alpha value is -0.450. The van der Waals surface area contributed by atoms with Crippen molar-refractivity contribution >= 4 is 42.3 Å². The van der Waals surface area contributed by atoms with Crippen LogP contribution in [0.4, 0.5) is 0 Å². The summed E-state index contributed by atoms with van der Waals surface area (Å²) in [6, 6.07) is 0. The molecule has 1 heterocycles. The fourth-order valence-electron chi connectivity index (χ4n) is 1.92. The van der Waals surface area contributed by atoms with Gasteiger partial charge in [-0.3, -0.25) is 4.79 Å². The lowest BCUT2D eigenvalue weighted by atomic mass is 10.3. The Morgan fingerprint density at radius 1 is 1.27 bits per heavy atom. The second kappa shape index (κ2) is 7.89. The molecule has 8 heteroatoms. The molecule has 1 aliphatic heterocycles. The van der Waals surface area contributed by atoms with E-state index in [2.05, 4.69) is 8.94 Å². The summed E-state index contributed by atoms with van der Waals surface area (Å²) in [5.41, 5.74) is 0.862. The van der Waals surface area contributed by atoms with Crippen LogP contribution >= 0.6 is 18.9 Å². The number of carbonyl (C=O) groups excluding carboxylic acids is 1. The summed E-state index contributed by atoms with van der Waals surface area (Å²) >= 11 is -1.40. The Kier molecular flexibility index (Phi) is 7.03. The Morgan fingerprint density at radius 3 is 2.32 bits per heavy atom. The SMILES string of the molecule is CC1=C(S(=O)(=O)N(C)CCOCC(=O)N(C)C)C(C)=I(C)=C1. The van der Waals surface area contributed by atoms with E-state index in [1.54, 1.807) is 21.1 Å². The molecule has 1 aliphatic rings. The van der Waals surface area contributed by atoms with Gasteiger partial charge in [0.15, 0.2) is 0 Å². The number of hydrogen-bond acceptors (Lipinski definition) is 4. The first kappa shape index (κ1) is 19.6. The molecule has 0 atom stereocenters. The van der Waals surface area contributed by atoms with Crippen molar-refractivity contribution in [3.63, 3.8) is 0 Å². The average Bonchev–Trinajstić information content (AvgIpc) is 2.67. The number of carbonyl (C=O) groups is 1. The topological polar surface area (TPSA) is 66.9 Å². The molecule has 1 rings (SSSR count). The quantitative estimate of drug-likeness (QED) is 0.331. The fraction of sp³-hybridized carbons (Fsp3) is 0.643. The van der Waals surface area contributed by atoms with Crippen LogP contribution in [-0.4, -0.2) is 76.9 Å². The largest absolute Gasteiger partial charge is 0.370 e. The van der Waals surface area contributed by atoms with Crippen molar-refractivity contribution in [3.8, 4) is 0 Å². The van der Waals surface area contributed by atoms with Gasteiger partial charge in [-0.15, -0.1) is 18.9 Å². The minimum atomic E-state index is -3.48. The highest BCUT2D eigenvalue weighted by molar-refractivity contribution is 14.2. The lowest BCUT2D eigenvalue weighted by Gasteiger charge is -2.19. The summed E-state index contributed by atoms with van der Waals surface area (Å²) in [7, 11) is 1.37. The predicted octanol–water partition coefficient (Wildman–Crippen LogP) is 0.771. The molecule has 22 heavy (non-hydrogen) atoms. The molecule has 0 aromatic heterocycles. The number of likely N-dealkylation sites (N-methyl/N-ethyl adjacent to an activating group) is 2. The summed E-state index contributed by atoms with van der Waals surface area (Å²) in [4.78, 5) is 15.4. The highest BCUT2D eigenvalue weighted by atomic mass is 127. The molecular formula is C14H25IN2O4S. The van der Waals surface area contributed by atoms with Crippen molar-refractivity contribution < 1.29 is 17.9 Å². The van der Waals surface area contributed by atoms with Crippen LogP contribution in [0.3, 0.4) is 0 Å². The number of halogens is 1. The smallest absolute Gasteiger partial charge is 0.248 e. The van der Waals surface area contributed by atoms with Crippen LogP contribution in [0, 0.1) is 0 Å². The van der Waals surface area contributed by atoms with Crippen molar-refractivity contribution in [3.05, 3.63) is 10.5 Å². The van der Waals surface area contributed by atoms with E-state index in [-0.39, 0.29) is 25.7 Å². The van der Waals surface area contributed by atoms with Crippen LogP contribution in [0.15, 0.2) is 10.5 Å². The molecule has 0 N–H and O–H groups in total. The molecule has 0 saturated carbocycles. The maximum absolute atomic E-state index is 12.7. The summed E-state index contributed by atoms with van der Waals surface area (Å²) in [5.74, 6) is -0.140. The van der Waals surface area contributed by atoms with Crippen molar-refractivity contribution in [1.82, 2.24) is 9.21 Å². The number of hydrogen-bond donors (Lipinski definition) is 0. The van der Waals surface area contributed by atoms with Gasteiger partial charge in [0.05, 0.1) is 11.5 Å². The van der Waals surface area contributed by atoms with E-state index < -0.39 is 28.9 Å². The van der Waals surface area contributed by atoms with Gasteiger partial charge in [-0.05, 0) is 31.9 Å². The van der Waals surface area contributed by atoms with E-state index in [4.69, 9.17) is 4.74 Å². The first-order valence-electron chi connectivity index (χ1n) is 6.81. The molecule has 0 aliphatic carbocycles. The van der Waals surface area contributed by atoms with Gasteiger partial charge in [0.2, 0.25) is 15.9 Å². The molecule has 6 nitrogen and oxygen atoms in total. The maximum Gasteiger partial charge on any atom is 0.248 e. The third kappa shape index (κ3) is 4.53. The van der Waals surface area contributed by atoms with Crippen LogP contribution in [0.5, 0.6) is 0 Å². The maximum atomic E-state index is 12.7. The van der Waals surface area contributed by atoms with Gasteiger partial charge in [-0.2, -0.15) is 4.31 Å². The molecule has 0 saturated heterocycles. The van der Waals surface area contributed by atoms with Gasteiger partial charge < -0.3 is 9.64 Å². The van der Waals surface area contributed by atoms with Gasteiger partial charge in [-0.25, -0.2) is 8.42 Å². The zero-order chi connectivity index (χ0) is 17.1. The third-order valence-electron chi connectivity index (χ3n) is 3.39. The lowest BCUT2D eigenvalue weighted by molar-refractivity contribution is -0.133. The number of alkyl halides is 1.